The number of carbonyl (C=O) groups is 1. The van der Waals surface area contributed by atoms with Crippen molar-refractivity contribution in [2.24, 2.45) is 0 Å². The molecule has 0 unspecified atom stereocenters. The molecule has 0 saturated heterocycles. The first-order valence-electron chi connectivity index (χ1n) is 8.86. The van der Waals surface area contributed by atoms with Gasteiger partial charge in [-0.1, -0.05) is 52.3 Å². The molecule has 2 aromatic heterocycles. The molecule has 0 saturated carbocycles. The topological polar surface area (TPSA) is 108 Å². The van der Waals surface area contributed by atoms with Crippen molar-refractivity contribution in [1.29, 1.82) is 0 Å². The van der Waals surface area contributed by atoms with Gasteiger partial charge in [-0.2, -0.15) is 4.98 Å². The Morgan fingerprint density at radius 2 is 1.97 bits per heavy atom. The quantitative estimate of drug-likeness (QED) is 0.539. The van der Waals surface area contributed by atoms with Gasteiger partial charge in [0, 0.05) is 0 Å². The molecule has 2 aromatic carbocycles. The Hall–Kier alpha value is -4.01. The number of carbonyl (C=O) groups excluding carboxylic acids is 1. The summed E-state index contributed by atoms with van der Waals surface area (Å²) in [6.45, 7) is 2.60. The number of nitrogens with zero attached hydrogens (tertiary/aromatic N) is 5. The molecule has 0 fully saturated rings. The first-order chi connectivity index (χ1) is 14.1. The normalized spacial score (nSPS) is 10.7. The second-order valence-electron chi connectivity index (χ2n) is 6.36. The van der Waals surface area contributed by atoms with Crippen LogP contribution in [-0.2, 0) is 6.54 Å². The van der Waals surface area contributed by atoms with Gasteiger partial charge in [-0.15, -0.1) is 5.10 Å². The van der Waals surface area contributed by atoms with Crippen molar-refractivity contribution in [3.05, 3.63) is 71.7 Å². The van der Waals surface area contributed by atoms with Gasteiger partial charge >= 0.3 is 11.8 Å². The van der Waals surface area contributed by atoms with Crippen LogP contribution in [0.1, 0.15) is 21.8 Å². The zero-order valence-electron chi connectivity index (χ0n) is 15.9. The van der Waals surface area contributed by atoms with Crippen LogP contribution in [0.25, 0.3) is 11.5 Å². The van der Waals surface area contributed by atoms with Gasteiger partial charge in [-0.3, -0.25) is 4.79 Å². The largest absolute Gasteiger partial charge is 0.495 e. The number of aryl methyl sites for hydroxylation is 1. The first-order valence-corrected chi connectivity index (χ1v) is 8.86. The standard InChI is InChI=1S/C20H18N6O3/c1-13-7-9-14(10-8-13)11-26-12-16(23-25-26)18-22-20(29-24-18)19(27)21-15-5-3-4-6-17(15)28-2/h3-10,12H,11H2,1-2H3,(H,21,27). The molecular formula is C20H18N6O3. The Kier molecular flexibility index (Phi) is 5.02. The van der Waals surface area contributed by atoms with E-state index in [1.165, 1.54) is 12.7 Å². The predicted octanol–water partition coefficient (Wildman–Crippen LogP) is 2.95. The number of nitrogens with one attached hydrogen (secondary N) is 1. The summed E-state index contributed by atoms with van der Waals surface area (Å²) in [6.07, 6.45) is 1.70. The fraction of sp³-hybridized carbons (Fsp3) is 0.150. The molecule has 146 valence electrons. The Labute approximate surface area is 166 Å². The zero-order chi connectivity index (χ0) is 20.2. The van der Waals surface area contributed by atoms with Crippen LogP contribution >= 0.6 is 0 Å². The number of benzene rings is 2. The van der Waals surface area contributed by atoms with Crippen LogP contribution in [0.4, 0.5) is 5.69 Å². The lowest BCUT2D eigenvalue weighted by molar-refractivity contribution is 0.0981. The predicted molar refractivity (Wildman–Crippen MR) is 105 cm³/mol. The Bertz CT molecular complexity index is 1130. The summed E-state index contributed by atoms with van der Waals surface area (Å²) in [7, 11) is 1.52. The Morgan fingerprint density at radius 1 is 1.17 bits per heavy atom. The molecule has 0 spiro atoms. The van der Waals surface area contributed by atoms with Crippen LogP contribution in [0.2, 0.25) is 0 Å². The number of amides is 1. The van der Waals surface area contributed by atoms with E-state index in [-0.39, 0.29) is 11.7 Å². The van der Waals surface area contributed by atoms with E-state index in [0.29, 0.717) is 23.7 Å². The summed E-state index contributed by atoms with van der Waals surface area (Å²) in [6, 6.07) is 15.2. The maximum Gasteiger partial charge on any atom is 0.316 e. The van der Waals surface area contributed by atoms with Gasteiger partial charge in [0.2, 0.25) is 5.82 Å². The van der Waals surface area contributed by atoms with Gasteiger partial charge in [0.25, 0.3) is 0 Å². The monoisotopic (exact) mass is 390 g/mol. The number of rotatable bonds is 6. The minimum atomic E-state index is -0.541. The SMILES string of the molecule is COc1ccccc1NC(=O)c1nc(-c2cn(Cc3ccc(C)cc3)nn2)no1. The molecule has 29 heavy (non-hydrogen) atoms. The average Bonchev–Trinajstić information content (AvgIpc) is 3.40. The molecule has 0 aliphatic rings. The minimum absolute atomic E-state index is 0.181. The molecule has 1 N–H and O–H groups in total. The summed E-state index contributed by atoms with van der Waals surface area (Å²) in [5.74, 6) is -0.00995. The van der Waals surface area contributed by atoms with Gasteiger partial charge in [0.15, 0.2) is 5.69 Å². The van der Waals surface area contributed by atoms with Crippen molar-refractivity contribution < 1.29 is 14.1 Å². The third kappa shape index (κ3) is 4.13. The van der Waals surface area contributed by atoms with Gasteiger partial charge in [-0.25, -0.2) is 4.68 Å². The maximum absolute atomic E-state index is 12.4. The molecule has 0 bridgehead atoms. The number of ether oxygens (including phenoxy) is 1. The molecule has 4 aromatic rings. The molecule has 2 heterocycles. The van der Waals surface area contributed by atoms with Crippen molar-refractivity contribution in [3.63, 3.8) is 0 Å². The van der Waals surface area contributed by atoms with Crippen LogP contribution in [0.15, 0.2) is 59.3 Å². The first kappa shape index (κ1) is 18.4. The van der Waals surface area contributed by atoms with E-state index in [9.17, 15) is 4.79 Å². The summed E-state index contributed by atoms with van der Waals surface area (Å²) in [4.78, 5) is 16.5. The number of para-hydroxylation sites is 2. The number of methoxy groups -OCH3 is 1. The van der Waals surface area contributed by atoms with Crippen LogP contribution in [0.3, 0.4) is 0 Å². The zero-order valence-corrected chi connectivity index (χ0v) is 15.9. The summed E-state index contributed by atoms with van der Waals surface area (Å²) < 4.78 is 12.0. The molecule has 0 radical (unpaired) electrons. The van der Waals surface area contributed by atoms with Crippen molar-refractivity contribution in [3.8, 4) is 17.3 Å². The van der Waals surface area contributed by atoms with Crippen molar-refractivity contribution in [2.75, 3.05) is 12.4 Å². The second-order valence-corrected chi connectivity index (χ2v) is 6.36. The molecule has 0 atom stereocenters. The van der Waals surface area contributed by atoms with E-state index in [1.807, 2.05) is 31.2 Å². The second kappa shape index (κ2) is 7.93. The van der Waals surface area contributed by atoms with Crippen LogP contribution in [-0.4, -0.2) is 38.2 Å². The lowest BCUT2D eigenvalue weighted by atomic mass is 10.1. The van der Waals surface area contributed by atoms with E-state index >= 15 is 0 Å². The highest BCUT2D eigenvalue weighted by Crippen LogP contribution is 2.23. The third-order valence-electron chi connectivity index (χ3n) is 4.21. The summed E-state index contributed by atoms with van der Waals surface area (Å²) in [5.41, 5.74) is 3.21. The molecule has 0 aliphatic carbocycles. The van der Waals surface area contributed by atoms with Gasteiger partial charge in [0.1, 0.15) is 5.75 Å². The lowest BCUT2D eigenvalue weighted by Gasteiger charge is -2.07. The van der Waals surface area contributed by atoms with Gasteiger partial charge in [0.05, 0.1) is 25.5 Å². The van der Waals surface area contributed by atoms with Crippen LogP contribution < -0.4 is 10.1 Å². The van der Waals surface area contributed by atoms with Gasteiger partial charge in [-0.05, 0) is 24.6 Å². The molecule has 1 amide bonds. The van der Waals surface area contributed by atoms with E-state index in [2.05, 4.69) is 25.8 Å². The molecule has 9 heteroatoms. The molecular weight excluding hydrogens is 372 g/mol. The highest BCUT2D eigenvalue weighted by atomic mass is 16.5. The Morgan fingerprint density at radius 3 is 2.76 bits per heavy atom. The number of hydrogen-bond donors (Lipinski definition) is 1. The molecule has 9 nitrogen and oxygen atoms in total. The van der Waals surface area contributed by atoms with Crippen LogP contribution in [0, 0.1) is 6.92 Å². The van der Waals surface area contributed by atoms with Crippen LogP contribution in [0.5, 0.6) is 5.75 Å². The number of anilines is 1. The number of aromatic nitrogens is 5. The molecule has 4 rings (SSSR count). The van der Waals surface area contributed by atoms with E-state index in [0.717, 1.165) is 5.56 Å². The summed E-state index contributed by atoms with van der Waals surface area (Å²) >= 11 is 0. The fourth-order valence-corrected chi connectivity index (χ4v) is 2.70. The highest BCUT2D eigenvalue weighted by Gasteiger charge is 2.19. The van der Waals surface area contributed by atoms with Gasteiger partial charge < -0.3 is 14.6 Å². The maximum atomic E-state index is 12.4. The van der Waals surface area contributed by atoms with Crippen molar-refractivity contribution in [2.45, 2.75) is 13.5 Å². The van der Waals surface area contributed by atoms with E-state index in [4.69, 9.17) is 9.26 Å². The lowest BCUT2D eigenvalue weighted by Crippen LogP contribution is -2.13. The highest BCUT2D eigenvalue weighted by molar-refractivity contribution is 6.01. The molecule has 0 aliphatic heterocycles. The Balaban J connectivity index is 1.47. The minimum Gasteiger partial charge on any atom is -0.495 e. The fourth-order valence-electron chi connectivity index (χ4n) is 2.70. The van der Waals surface area contributed by atoms with Crippen molar-refractivity contribution >= 4 is 11.6 Å². The smallest absolute Gasteiger partial charge is 0.316 e. The summed E-state index contributed by atoms with van der Waals surface area (Å²) in [5, 5.41) is 14.7. The van der Waals surface area contributed by atoms with Crippen molar-refractivity contribution in [1.82, 2.24) is 25.1 Å². The third-order valence-corrected chi connectivity index (χ3v) is 4.21. The average molecular weight is 390 g/mol. The number of hydrogen-bond acceptors (Lipinski definition) is 7. The van der Waals surface area contributed by atoms with E-state index in [1.54, 1.807) is 35.1 Å². The van der Waals surface area contributed by atoms with E-state index < -0.39 is 5.91 Å².